The Morgan fingerprint density at radius 1 is 0.659 bits per heavy atom. The molecule has 0 saturated carbocycles. The van der Waals surface area contributed by atoms with Gasteiger partial charge in [0, 0.05) is 7.11 Å². The maximum Gasteiger partial charge on any atom is 0.261 e. The molecule has 0 amide bonds. The van der Waals surface area contributed by atoms with E-state index >= 15 is 0 Å². The van der Waals surface area contributed by atoms with Gasteiger partial charge in [0.15, 0.2) is 6.29 Å². The average molecular weight is 723 g/mol. The molecule has 0 aromatic heterocycles. The van der Waals surface area contributed by atoms with Crippen LogP contribution in [-0.4, -0.2) is 50.6 Å². The molecule has 0 spiro atoms. The first-order valence-corrected chi connectivity index (χ1v) is 18.4. The van der Waals surface area contributed by atoms with Crippen LogP contribution < -0.4 is 10.4 Å². The van der Waals surface area contributed by atoms with Crippen molar-refractivity contribution in [1.82, 2.24) is 0 Å². The molecule has 0 unspecified atom stereocenters. The minimum Gasteiger partial charge on any atom is -0.405 e. The lowest BCUT2D eigenvalue weighted by Crippen LogP contribution is -2.68. The van der Waals surface area contributed by atoms with Crippen LogP contribution in [0.3, 0.4) is 0 Å². The minimum absolute atomic E-state index is 0.0496. The molecule has 1 aliphatic heterocycles. The maximum absolute atomic E-state index is 7.33. The van der Waals surface area contributed by atoms with Crippen molar-refractivity contribution in [3.05, 3.63) is 132 Å². The van der Waals surface area contributed by atoms with Crippen LogP contribution >= 0.6 is 22.6 Å². The highest BCUT2D eigenvalue weighted by Crippen LogP contribution is 2.38. The zero-order chi connectivity index (χ0) is 31.0. The van der Waals surface area contributed by atoms with Crippen LogP contribution in [0.1, 0.15) is 31.9 Å². The Morgan fingerprint density at radius 2 is 1.09 bits per heavy atom. The second-order valence-corrected chi connectivity index (χ2v) is 18.0. The largest absolute Gasteiger partial charge is 0.405 e. The maximum atomic E-state index is 7.33. The Balaban J connectivity index is 1.46. The number of hydrogen-bond donors (Lipinski definition) is 0. The summed E-state index contributed by atoms with van der Waals surface area (Å²) in [7, 11) is -1.11. The molecule has 1 heterocycles. The lowest BCUT2D eigenvalue weighted by molar-refractivity contribution is -0.274. The van der Waals surface area contributed by atoms with Gasteiger partial charge in [0.05, 0.1) is 23.7 Å². The molecule has 4 aromatic carbocycles. The van der Waals surface area contributed by atoms with E-state index in [0.717, 1.165) is 11.1 Å². The van der Waals surface area contributed by atoms with Crippen molar-refractivity contribution in [3.63, 3.8) is 0 Å². The highest BCUT2D eigenvalue weighted by atomic mass is 127. The van der Waals surface area contributed by atoms with E-state index in [4.69, 9.17) is 23.4 Å². The number of methoxy groups -OCH3 is 1. The van der Waals surface area contributed by atoms with E-state index in [1.807, 2.05) is 36.4 Å². The summed E-state index contributed by atoms with van der Waals surface area (Å²) in [5.74, 6) is 0. The number of hydrogen-bond acceptors (Lipinski definition) is 5. The quantitative estimate of drug-likeness (QED) is 0.0905. The van der Waals surface area contributed by atoms with Crippen LogP contribution in [0, 0.1) is 0 Å². The first-order valence-electron chi connectivity index (χ1n) is 15.2. The van der Waals surface area contributed by atoms with E-state index in [1.165, 1.54) is 10.4 Å². The fourth-order valence-electron chi connectivity index (χ4n) is 6.06. The van der Waals surface area contributed by atoms with Crippen molar-refractivity contribution in [1.29, 1.82) is 0 Å². The van der Waals surface area contributed by atoms with E-state index in [2.05, 4.69) is 128 Å². The van der Waals surface area contributed by atoms with Crippen molar-refractivity contribution in [2.45, 2.75) is 67.5 Å². The second kappa shape index (κ2) is 15.3. The van der Waals surface area contributed by atoms with Gasteiger partial charge >= 0.3 is 0 Å². The predicted molar refractivity (Wildman–Crippen MR) is 187 cm³/mol. The van der Waals surface area contributed by atoms with Gasteiger partial charge in [-0.1, -0.05) is 165 Å². The van der Waals surface area contributed by atoms with E-state index in [-0.39, 0.29) is 27.3 Å². The summed E-state index contributed by atoms with van der Waals surface area (Å²) in [5, 5.41) is 2.31. The molecule has 5 nitrogen and oxygen atoms in total. The summed E-state index contributed by atoms with van der Waals surface area (Å²) in [4.78, 5) is 0. The zero-order valence-electron chi connectivity index (χ0n) is 26.0. The monoisotopic (exact) mass is 722 g/mol. The van der Waals surface area contributed by atoms with Crippen LogP contribution in [0.4, 0.5) is 0 Å². The number of halogens is 1. The first-order chi connectivity index (χ1) is 21.3. The van der Waals surface area contributed by atoms with Crippen molar-refractivity contribution >= 4 is 41.3 Å². The second-order valence-electron chi connectivity index (χ2n) is 12.2. The molecule has 1 fully saturated rings. The summed E-state index contributed by atoms with van der Waals surface area (Å²) in [6.07, 6.45) is -1.55. The molecule has 1 aliphatic rings. The average Bonchev–Trinajstić information content (AvgIpc) is 3.05. The summed E-state index contributed by atoms with van der Waals surface area (Å²) in [6.45, 7) is 8.15. The highest BCUT2D eigenvalue weighted by molar-refractivity contribution is 14.1. The van der Waals surface area contributed by atoms with E-state index in [0.29, 0.717) is 19.8 Å². The third kappa shape index (κ3) is 7.53. The Kier molecular flexibility index (Phi) is 11.5. The molecule has 7 heteroatoms. The molecule has 5 rings (SSSR count). The Morgan fingerprint density at radius 3 is 1.52 bits per heavy atom. The number of alkyl halides is 1. The van der Waals surface area contributed by atoms with Crippen LogP contribution in [0.15, 0.2) is 121 Å². The topological polar surface area (TPSA) is 46.2 Å². The van der Waals surface area contributed by atoms with Gasteiger partial charge in [0.1, 0.15) is 18.3 Å². The van der Waals surface area contributed by atoms with Gasteiger partial charge in [0.25, 0.3) is 8.32 Å². The molecular weight excluding hydrogens is 679 g/mol. The molecule has 0 radical (unpaired) electrons. The highest BCUT2D eigenvalue weighted by Gasteiger charge is 2.52. The lowest BCUT2D eigenvalue weighted by Gasteiger charge is -2.47. The first kappa shape index (κ1) is 33.0. The van der Waals surface area contributed by atoms with E-state index in [9.17, 15) is 0 Å². The SMILES string of the molecule is CO[C@H]1O[C@H](CO[Si](c2ccccc2)(c2ccccc2)C(C)(C)C)[C@@H](OCc2ccccc2)[C@@H](I)[C@@H]1OCc1ccccc1. The van der Waals surface area contributed by atoms with Crippen LogP contribution in [0.5, 0.6) is 0 Å². The van der Waals surface area contributed by atoms with Crippen molar-refractivity contribution in [3.8, 4) is 0 Å². The fourth-order valence-corrected chi connectivity index (χ4v) is 11.9. The van der Waals surface area contributed by atoms with Gasteiger partial charge in [-0.3, -0.25) is 0 Å². The Hall–Kier alpha value is -2.37. The fraction of sp³-hybridized carbons (Fsp3) is 0.351. The van der Waals surface area contributed by atoms with Crippen molar-refractivity contribution in [2.24, 2.45) is 0 Å². The lowest BCUT2D eigenvalue weighted by atomic mass is 10.0. The summed E-state index contributed by atoms with van der Waals surface area (Å²) < 4.78 is 33.1. The molecule has 0 N–H and O–H groups in total. The van der Waals surface area contributed by atoms with Crippen LogP contribution in [0.25, 0.3) is 0 Å². The smallest absolute Gasteiger partial charge is 0.261 e. The minimum atomic E-state index is -2.79. The zero-order valence-corrected chi connectivity index (χ0v) is 29.1. The number of ether oxygens (including phenoxy) is 4. The molecule has 0 aliphatic carbocycles. The molecule has 44 heavy (non-hydrogen) atoms. The molecular formula is C37H43IO5Si. The Labute approximate surface area is 277 Å². The molecule has 4 aromatic rings. The predicted octanol–water partition coefficient (Wildman–Crippen LogP) is 6.91. The summed E-state index contributed by atoms with van der Waals surface area (Å²) >= 11 is 2.47. The number of rotatable bonds is 12. The molecule has 0 bridgehead atoms. The van der Waals surface area contributed by atoms with Gasteiger partial charge in [-0.15, -0.1) is 0 Å². The molecule has 232 valence electrons. The molecule has 5 atom stereocenters. The van der Waals surface area contributed by atoms with Gasteiger partial charge in [0.2, 0.25) is 0 Å². The van der Waals surface area contributed by atoms with Crippen molar-refractivity contribution in [2.75, 3.05) is 13.7 Å². The standard InChI is InChI=1S/C37H43IO5Si/c1-37(2,3)44(30-21-13-7-14-22-30,31-23-15-8-16-24-31)42-27-32-34(40-25-28-17-9-5-10-18-28)33(38)35(36(39-4)43-32)41-26-29-19-11-6-12-20-29/h5-24,32-36H,25-27H2,1-4H3/t32-,33-,34-,35+,36+/m1/s1. The summed E-state index contributed by atoms with van der Waals surface area (Å²) in [6, 6.07) is 41.8. The van der Waals surface area contributed by atoms with Gasteiger partial charge < -0.3 is 23.4 Å². The molecule has 1 saturated heterocycles. The van der Waals surface area contributed by atoms with Gasteiger partial charge in [-0.2, -0.15) is 0 Å². The van der Waals surface area contributed by atoms with Crippen molar-refractivity contribution < 1.29 is 23.4 Å². The normalized spacial score (nSPS) is 22.5. The van der Waals surface area contributed by atoms with Gasteiger partial charge in [-0.05, 0) is 26.5 Å². The third-order valence-electron chi connectivity index (χ3n) is 8.26. The van der Waals surface area contributed by atoms with E-state index in [1.54, 1.807) is 7.11 Å². The third-order valence-corrected chi connectivity index (χ3v) is 14.7. The van der Waals surface area contributed by atoms with Gasteiger partial charge in [-0.25, -0.2) is 0 Å². The summed E-state index contributed by atoms with van der Waals surface area (Å²) in [5.41, 5.74) is 2.21. The number of benzene rings is 4. The van der Waals surface area contributed by atoms with Crippen LogP contribution in [0.2, 0.25) is 5.04 Å². The van der Waals surface area contributed by atoms with Crippen LogP contribution in [-0.2, 0) is 36.6 Å². The van der Waals surface area contributed by atoms with E-state index < -0.39 is 14.6 Å². The Bertz CT molecular complexity index is 1360.